The molecule has 0 saturated carbocycles. The zero-order valence-corrected chi connectivity index (χ0v) is 8.58. The first kappa shape index (κ1) is 16.4. The summed E-state index contributed by atoms with van der Waals surface area (Å²) in [5, 5.41) is 0. The normalized spacial score (nSPS) is 17.3. The molecule has 0 saturated heterocycles. The molecular formula is C8H10F8O. The van der Waals surface area contributed by atoms with E-state index in [1.807, 2.05) is 0 Å². The molecule has 0 heterocycles. The van der Waals surface area contributed by atoms with Gasteiger partial charge >= 0.3 is 12.0 Å². The average Bonchev–Trinajstić information content (AvgIpc) is 2.23. The predicted octanol–water partition coefficient (Wildman–Crippen LogP) is 3.58. The summed E-state index contributed by atoms with van der Waals surface area (Å²) in [5.74, 6) is -5.67. The van der Waals surface area contributed by atoms with Crippen molar-refractivity contribution in [2.24, 2.45) is 0 Å². The van der Waals surface area contributed by atoms with Gasteiger partial charge in [-0.05, 0) is 6.42 Å². The fourth-order valence-corrected chi connectivity index (χ4v) is 0.815. The first-order valence-corrected chi connectivity index (χ1v) is 4.53. The van der Waals surface area contributed by atoms with E-state index in [0.29, 0.717) is 0 Å². The molecule has 9 heteroatoms. The smallest absolute Gasteiger partial charge is 0.316 e. The quantitative estimate of drug-likeness (QED) is 0.645. The summed E-state index contributed by atoms with van der Waals surface area (Å²) in [5.41, 5.74) is 0. The van der Waals surface area contributed by atoms with Gasteiger partial charge in [-0.15, -0.1) is 0 Å². The van der Waals surface area contributed by atoms with E-state index in [9.17, 15) is 35.1 Å². The second-order valence-corrected chi connectivity index (χ2v) is 3.17. The summed E-state index contributed by atoms with van der Waals surface area (Å²) in [7, 11) is 0. The number of ether oxygens (including phenoxy) is 1. The Balaban J connectivity index is 4.84. The van der Waals surface area contributed by atoms with Crippen LogP contribution in [0.4, 0.5) is 35.1 Å². The number of alkyl halides is 8. The molecule has 0 N–H and O–H groups in total. The highest BCUT2D eigenvalue weighted by atomic mass is 19.3. The molecule has 0 aliphatic rings. The molecule has 0 spiro atoms. The SMILES string of the molecule is CCCOC(F)(F)C(F)(F)C(F)C(F)C(F)F. The summed E-state index contributed by atoms with van der Waals surface area (Å²) in [4.78, 5) is 0. The molecule has 0 radical (unpaired) electrons. The van der Waals surface area contributed by atoms with Crippen molar-refractivity contribution in [1.82, 2.24) is 0 Å². The molecule has 0 aliphatic heterocycles. The summed E-state index contributed by atoms with van der Waals surface area (Å²) in [6.45, 7) is 0.458. The number of hydrogen-bond donors (Lipinski definition) is 0. The zero-order chi connectivity index (χ0) is 13.9. The Morgan fingerprint density at radius 1 is 1.00 bits per heavy atom. The van der Waals surface area contributed by atoms with Crippen molar-refractivity contribution in [1.29, 1.82) is 0 Å². The van der Waals surface area contributed by atoms with Crippen LogP contribution >= 0.6 is 0 Å². The Hall–Kier alpha value is -0.600. The van der Waals surface area contributed by atoms with Crippen molar-refractivity contribution >= 4 is 0 Å². The van der Waals surface area contributed by atoms with Gasteiger partial charge in [0, 0.05) is 0 Å². The third-order valence-corrected chi connectivity index (χ3v) is 1.74. The molecule has 0 aromatic rings. The van der Waals surface area contributed by atoms with E-state index < -0.39 is 37.4 Å². The first-order chi connectivity index (χ1) is 7.58. The minimum atomic E-state index is -5.67. The van der Waals surface area contributed by atoms with Crippen LogP contribution in [0.3, 0.4) is 0 Å². The molecule has 104 valence electrons. The van der Waals surface area contributed by atoms with Gasteiger partial charge < -0.3 is 4.74 Å². The van der Waals surface area contributed by atoms with Crippen LogP contribution in [0, 0.1) is 0 Å². The summed E-state index contributed by atoms with van der Waals surface area (Å²) < 4.78 is 102. The number of hydrogen-bond acceptors (Lipinski definition) is 1. The van der Waals surface area contributed by atoms with Crippen molar-refractivity contribution in [2.75, 3.05) is 6.61 Å². The Kier molecular flexibility index (Phi) is 5.63. The van der Waals surface area contributed by atoms with Crippen LogP contribution in [-0.2, 0) is 4.74 Å². The molecule has 1 nitrogen and oxygen atoms in total. The molecular weight excluding hydrogens is 264 g/mol. The average molecular weight is 274 g/mol. The van der Waals surface area contributed by atoms with Gasteiger partial charge in [0.05, 0.1) is 6.61 Å². The lowest BCUT2D eigenvalue weighted by atomic mass is 10.1. The molecule has 2 unspecified atom stereocenters. The molecule has 0 rings (SSSR count). The Morgan fingerprint density at radius 3 is 1.82 bits per heavy atom. The molecule has 0 aromatic heterocycles. The maximum Gasteiger partial charge on any atom is 0.422 e. The lowest BCUT2D eigenvalue weighted by Crippen LogP contribution is -2.54. The van der Waals surface area contributed by atoms with Gasteiger partial charge in [0.2, 0.25) is 6.17 Å². The summed E-state index contributed by atoms with van der Waals surface area (Å²) >= 11 is 0. The van der Waals surface area contributed by atoms with Crippen LogP contribution < -0.4 is 0 Å². The Bertz CT molecular complexity index is 232. The fraction of sp³-hybridized carbons (Fsp3) is 1.00. The molecule has 0 fully saturated rings. The van der Waals surface area contributed by atoms with Gasteiger partial charge in [-0.3, -0.25) is 0 Å². The highest BCUT2D eigenvalue weighted by Gasteiger charge is 2.66. The standard InChI is InChI=1S/C8H10F8O/c1-2-3-17-8(15,16)7(13,14)5(10)4(9)6(11)12/h4-6H,2-3H2,1H3. The van der Waals surface area contributed by atoms with Gasteiger partial charge in [0.25, 0.3) is 6.43 Å². The lowest BCUT2D eigenvalue weighted by Gasteiger charge is -2.29. The van der Waals surface area contributed by atoms with Crippen molar-refractivity contribution < 1.29 is 39.9 Å². The van der Waals surface area contributed by atoms with Crippen molar-refractivity contribution in [3.63, 3.8) is 0 Å². The van der Waals surface area contributed by atoms with Crippen LogP contribution in [0.2, 0.25) is 0 Å². The van der Waals surface area contributed by atoms with E-state index in [1.165, 1.54) is 6.92 Å². The van der Waals surface area contributed by atoms with Crippen LogP contribution in [0.5, 0.6) is 0 Å². The van der Waals surface area contributed by atoms with Crippen LogP contribution in [-0.4, -0.2) is 37.4 Å². The third-order valence-electron chi connectivity index (χ3n) is 1.74. The number of halogens is 8. The fourth-order valence-electron chi connectivity index (χ4n) is 0.815. The predicted molar refractivity (Wildman–Crippen MR) is 41.9 cm³/mol. The van der Waals surface area contributed by atoms with E-state index in [1.54, 1.807) is 0 Å². The molecule has 2 atom stereocenters. The van der Waals surface area contributed by atoms with Gasteiger partial charge in [-0.2, -0.15) is 17.6 Å². The minimum absolute atomic E-state index is 0.0868. The molecule has 0 aliphatic carbocycles. The number of rotatable bonds is 7. The molecule has 0 amide bonds. The Labute approximate surface area is 91.7 Å². The minimum Gasteiger partial charge on any atom is -0.316 e. The zero-order valence-electron chi connectivity index (χ0n) is 8.58. The topological polar surface area (TPSA) is 9.23 Å². The van der Waals surface area contributed by atoms with Crippen molar-refractivity contribution in [3.05, 3.63) is 0 Å². The summed E-state index contributed by atoms with van der Waals surface area (Å²) in [6, 6.07) is 0. The van der Waals surface area contributed by atoms with E-state index in [-0.39, 0.29) is 6.42 Å². The highest BCUT2D eigenvalue weighted by Crippen LogP contribution is 2.42. The second-order valence-electron chi connectivity index (χ2n) is 3.17. The van der Waals surface area contributed by atoms with Crippen LogP contribution in [0.15, 0.2) is 0 Å². The van der Waals surface area contributed by atoms with Crippen molar-refractivity contribution in [2.45, 2.75) is 44.1 Å². The van der Waals surface area contributed by atoms with Crippen molar-refractivity contribution in [3.8, 4) is 0 Å². The van der Waals surface area contributed by atoms with Gasteiger partial charge in [0.1, 0.15) is 0 Å². The van der Waals surface area contributed by atoms with Crippen LogP contribution in [0.1, 0.15) is 13.3 Å². The highest BCUT2D eigenvalue weighted by molar-refractivity contribution is 4.90. The van der Waals surface area contributed by atoms with E-state index in [4.69, 9.17) is 0 Å². The summed E-state index contributed by atoms with van der Waals surface area (Å²) in [6.07, 6.45) is -17.9. The van der Waals surface area contributed by atoms with E-state index >= 15 is 0 Å². The van der Waals surface area contributed by atoms with E-state index in [0.717, 1.165) is 0 Å². The molecule has 0 aromatic carbocycles. The first-order valence-electron chi connectivity index (χ1n) is 4.53. The Morgan fingerprint density at radius 2 is 1.47 bits per heavy atom. The maximum atomic E-state index is 12.7. The molecule has 0 bridgehead atoms. The lowest BCUT2D eigenvalue weighted by molar-refractivity contribution is -0.367. The molecule has 17 heavy (non-hydrogen) atoms. The van der Waals surface area contributed by atoms with Gasteiger partial charge in [-0.25, -0.2) is 17.6 Å². The van der Waals surface area contributed by atoms with Gasteiger partial charge in [-0.1, -0.05) is 6.92 Å². The van der Waals surface area contributed by atoms with Crippen LogP contribution in [0.25, 0.3) is 0 Å². The third kappa shape index (κ3) is 3.68. The largest absolute Gasteiger partial charge is 0.422 e. The van der Waals surface area contributed by atoms with E-state index in [2.05, 4.69) is 4.74 Å². The second kappa shape index (κ2) is 5.83. The van der Waals surface area contributed by atoms with Gasteiger partial charge in [0.15, 0.2) is 6.17 Å². The monoisotopic (exact) mass is 274 g/mol. The maximum absolute atomic E-state index is 12.7.